The number of nitrogens with one attached hydrogen (secondary N) is 1. The largest absolute Gasteiger partial charge is 0.348 e. The lowest BCUT2D eigenvalue weighted by molar-refractivity contribution is -0.117. The number of benzene rings is 3. The molecule has 0 aromatic heterocycles. The van der Waals surface area contributed by atoms with E-state index in [-0.39, 0.29) is 11.8 Å². The molecule has 0 spiro atoms. The normalized spacial score (nSPS) is 15.4. The number of amides is 2. The van der Waals surface area contributed by atoms with Crippen molar-refractivity contribution in [2.45, 2.75) is 32.2 Å². The van der Waals surface area contributed by atoms with Crippen LogP contribution in [-0.4, -0.2) is 18.4 Å². The van der Waals surface area contributed by atoms with Gasteiger partial charge < -0.3 is 10.2 Å². The molecule has 0 radical (unpaired) electrons. The summed E-state index contributed by atoms with van der Waals surface area (Å²) in [6.45, 7) is 1.26. The highest BCUT2D eigenvalue weighted by Gasteiger charge is 2.21. The van der Waals surface area contributed by atoms with Gasteiger partial charge in [-0.05, 0) is 64.9 Å². The van der Waals surface area contributed by atoms with Crippen molar-refractivity contribution in [1.82, 2.24) is 5.32 Å². The minimum absolute atomic E-state index is 0.0469. The molecule has 5 rings (SSSR count). The second kappa shape index (κ2) is 6.79. The van der Waals surface area contributed by atoms with Gasteiger partial charge in [0.1, 0.15) is 0 Å². The highest BCUT2D eigenvalue weighted by molar-refractivity contribution is 6.09. The Labute approximate surface area is 164 Å². The van der Waals surface area contributed by atoms with Crippen LogP contribution in [0.1, 0.15) is 39.9 Å². The zero-order valence-electron chi connectivity index (χ0n) is 15.7. The molecule has 4 nitrogen and oxygen atoms in total. The Balaban J connectivity index is 1.32. The quantitative estimate of drug-likeness (QED) is 0.755. The van der Waals surface area contributed by atoms with Gasteiger partial charge in [0.25, 0.3) is 5.91 Å². The first-order valence-corrected chi connectivity index (χ1v) is 9.92. The summed E-state index contributed by atoms with van der Waals surface area (Å²) in [5.41, 5.74) is 5.38. The lowest BCUT2D eigenvalue weighted by atomic mass is 9.99. The number of hydrogen-bond acceptors (Lipinski definition) is 2. The topological polar surface area (TPSA) is 49.4 Å². The molecule has 0 unspecified atom stereocenters. The van der Waals surface area contributed by atoms with Crippen LogP contribution >= 0.6 is 0 Å². The molecule has 1 fully saturated rings. The third-order valence-electron chi connectivity index (χ3n) is 5.90. The van der Waals surface area contributed by atoms with Gasteiger partial charge in [-0.25, -0.2) is 0 Å². The molecule has 1 aliphatic carbocycles. The smallest absolute Gasteiger partial charge is 0.252 e. The van der Waals surface area contributed by atoms with Gasteiger partial charge >= 0.3 is 0 Å². The number of rotatable bonds is 4. The van der Waals surface area contributed by atoms with Crippen molar-refractivity contribution in [3.05, 3.63) is 76.9 Å². The summed E-state index contributed by atoms with van der Waals surface area (Å²) in [4.78, 5) is 26.5. The first-order chi connectivity index (χ1) is 13.7. The third kappa shape index (κ3) is 2.85. The van der Waals surface area contributed by atoms with E-state index in [1.54, 1.807) is 0 Å². The maximum Gasteiger partial charge on any atom is 0.252 e. The summed E-state index contributed by atoms with van der Waals surface area (Å²) in [5, 5.41) is 5.35. The molecular formula is C24H22N2O2. The summed E-state index contributed by atoms with van der Waals surface area (Å²) in [6, 6.07) is 18.2. The van der Waals surface area contributed by atoms with Crippen LogP contribution < -0.4 is 10.2 Å². The van der Waals surface area contributed by atoms with Crippen LogP contribution in [0.2, 0.25) is 0 Å². The second-order valence-electron chi connectivity index (χ2n) is 7.61. The van der Waals surface area contributed by atoms with Gasteiger partial charge in [0.15, 0.2) is 0 Å². The van der Waals surface area contributed by atoms with E-state index in [0.717, 1.165) is 48.0 Å². The van der Waals surface area contributed by atoms with Crippen molar-refractivity contribution in [2.75, 3.05) is 11.4 Å². The van der Waals surface area contributed by atoms with E-state index >= 15 is 0 Å². The first kappa shape index (κ1) is 17.0. The van der Waals surface area contributed by atoms with Gasteiger partial charge in [0.2, 0.25) is 5.91 Å². The van der Waals surface area contributed by atoms with Crippen molar-refractivity contribution in [1.29, 1.82) is 0 Å². The Morgan fingerprint density at radius 2 is 1.71 bits per heavy atom. The van der Waals surface area contributed by atoms with E-state index in [1.165, 1.54) is 16.5 Å². The van der Waals surface area contributed by atoms with Crippen LogP contribution in [0.4, 0.5) is 5.69 Å². The monoisotopic (exact) mass is 370 g/mol. The summed E-state index contributed by atoms with van der Waals surface area (Å²) in [6.07, 6.45) is 3.67. The summed E-state index contributed by atoms with van der Waals surface area (Å²) >= 11 is 0. The van der Waals surface area contributed by atoms with Gasteiger partial charge in [0, 0.05) is 30.8 Å². The standard InChI is InChI=1S/C24H22N2O2/c27-22-5-2-14-26(22)19-11-6-16(7-12-19)15-25-24(28)21-13-10-18-9-8-17-3-1-4-20(21)23(17)18/h1,3-4,6-7,10-13H,2,5,8-9,14-15H2,(H,25,28). The number of carbonyl (C=O) groups is 2. The Kier molecular flexibility index (Phi) is 4.12. The molecule has 1 saturated heterocycles. The van der Waals surface area contributed by atoms with Crippen molar-refractivity contribution in [3.63, 3.8) is 0 Å². The van der Waals surface area contributed by atoms with Gasteiger partial charge in [-0.2, -0.15) is 0 Å². The zero-order chi connectivity index (χ0) is 19.1. The maximum atomic E-state index is 12.8. The van der Waals surface area contributed by atoms with E-state index in [2.05, 4.69) is 17.4 Å². The maximum absolute atomic E-state index is 12.8. The van der Waals surface area contributed by atoms with Crippen molar-refractivity contribution < 1.29 is 9.59 Å². The van der Waals surface area contributed by atoms with Crippen LogP contribution in [0, 0.1) is 0 Å². The van der Waals surface area contributed by atoms with Crippen LogP contribution in [0.3, 0.4) is 0 Å². The van der Waals surface area contributed by atoms with Gasteiger partial charge in [-0.1, -0.05) is 36.4 Å². The van der Waals surface area contributed by atoms with Crippen LogP contribution in [-0.2, 0) is 24.2 Å². The van der Waals surface area contributed by atoms with Crippen molar-refractivity contribution in [3.8, 4) is 0 Å². The highest BCUT2D eigenvalue weighted by atomic mass is 16.2. The lowest BCUT2D eigenvalue weighted by Crippen LogP contribution is -2.24. The molecule has 1 N–H and O–H groups in total. The molecule has 0 saturated carbocycles. The van der Waals surface area contributed by atoms with Crippen LogP contribution in [0.15, 0.2) is 54.6 Å². The molecule has 3 aromatic rings. The van der Waals surface area contributed by atoms with E-state index < -0.39 is 0 Å². The molecule has 0 bridgehead atoms. The van der Waals surface area contributed by atoms with Gasteiger partial charge in [-0.15, -0.1) is 0 Å². The zero-order valence-corrected chi connectivity index (χ0v) is 15.7. The lowest BCUT2D eigenvalue weighted by Gasteiger charge is -2.16. The molecule has 1 aliphatic heterocycles. The summed E-state index contributed by atoms with van der Waals surface area (Å²) < 4.78 is 0. The van der Waals surface area contributed by atoms with E-state index in [4.69, 9.17) is 0 Å². The van der Waals surface area contributed by atoms with E-state index in [0.29, 0.717) is 13.0 Å². The number of hydrogen-bond donors (Lipinski definition) is 1. The van der Waals surface area contributed by atoms with Crippen molar-refractivity contribution in [2.24, 2.45) is 0 Å². The number of aryl methyl sites for hydroxylation is 2. The number of anilines is 1. The Morgan fingerprint density at radius 1 is 0.929 bits per heavy atom. The minimum Gasteiger partial charge on any atom is -0.348 e. The Bertz CT molecular complexity index is 1080. The average Bonchev–Trinajstić information content (AvgIpc) is 3.34. The predicted molar refractivity (Wildman–Crippen MR) is 111 cm³/mol. The van der Waals surface area contributed by atoms with E-state index in [1.807, 2.05) is 47.4 Å². The molecule has 140 valence electrons. The Hall–Kier alpha value is -3.14. The molecular weight excluding hydrogens is 348 g/mol. The molecule has 3 aromatic carbocycles. The number of nitrogens with zero attached hydrogens (tertiary/aromatic N) is 1. The van der Waals surface area contributed by atoms with Crippen molar-refractivity contribution >= 4 is 28.3 Å². The summed E-state index contributed by atoms with van der Waals surface area (Å²) in [5.74, 6) is 0.141. The molecule has 2 amide bonds. The molecule has 28 heavy (non-hydrogen) atoms. The molecule has 0 atom stereocenters. The fourth-order valence-electron chi connectivity index (χ4n) is 4.44. The molecule has 2 aliphatic rings. The average molecular weight is 370 g/mol. The number of carbonyl (C=O) groups excluding carboxylic acids is 2. The van der Waals surface area contributed by atoms with Gasteiger partial charge in [-0.3, -0.25) is 9.59 Å². The third-order valence-corrected chi connectivity index (χ3v) is 5.90. The molecule has 1 heterocycles. The summed E-state index contributed by atoms with van der Waals surface area (Å²) in [7, 11) is 0. The van der Waals surface area contributed by atoms with Crippen LogP contribution in [0.5, 0.6) is 0 Å². The fraction of sp³-hybridized carbons (Fsp3) is 0.250. The highest BCUT2D eigenvalue weighted by Crippen LogP contribution is 2.32. The predicted octanol–water partition coefficient (Wildman–Crippen LogP) is 4.00. The van der Waals surface area contributed by atoms with E-state index in [9.17, 15) is 9.59 Å². The second-order valence-corrected chi connectivity index (χ2v) is 7.61. The van der Waals surface area contributed by atoms with Gasteiger partial charge in [0.05, 0.1) is 0 Å². The fourth-order valence-corrected chi connectivity index (χ4v) is 4.44. The van der Waals surface area contributed by atoms with Crippen LogP contribution in [0.25, 0.3) is 10.8 Å². The first-order valence-electron chi connectivity index (χ1n) is 9.92. The minimum atomic E-state index is -0.0469. The molecule has 4 heteroatoms. The SMILES string of the molecule is O=C(NCc1ccc(N2CCCC2=O)cc1)c1ccc2c3c(cccc13)CC2. The Morgan fingerprint density at radius 3 is 2.46 bits per heavy atom.